The van der Waals surface area contributed by atoms with Crippen LogP contribution in [-0.2, 0) is 11.8 Å². The molecule has 2 aromatic carbocycles. The van der Waals surface area contributed by atoms with Crippen molar-refractivity contribution in [3.05, 3.63) is 84.4 Å². The number of rotatable bonds is 6. The molecule has 1 atom stereocenters. The van der Waals surface area contributed by atoms with E-state index in [-0.39, 0.29) is 18.6 Å². The van der Waals surface area contributed by atoms with E-state index in [1.807, 2.05) is 78.5 Å². The highest BCUT2D eigenvalue weighted by Gasteiger charge is 2.20. The molecule has 0 radical (unpaired) electrons. The predicted molar refractivity (Wildman–Crippen MR) is 91.6 cm³/mol. The molecule has 3 aromatic rings. The minimum atomic E-state index is -0.321. The van der Waals surface area contributed by atoms with Gasteiger partial charge in [-0.3, -0.25) is 4.79 Å². The Labute approximate surface area is 140 Å². The third-order valence-electron chi connectivity index (χ3n) is 3.67. The summed E-state index contributed by atoms with van der Waals surface area (Å²) in [5, 5.41) is 3.00. The van der Waals surface area contributed by atoms with Crippen LogP contribution in [0.1, 0.15) is 17.4 Å². The summed E-state index contributed by atoms with van der Waals surface area (Å²) in [6, 6.07) is 18.7. The third-order valence-corrected chi connectivity index (χ3v) is 3.67. The van der Waals surface area contributed by atoms with Gasteiger partial charge in [0, 0.05) is 19.4 Å². The Morgan fingerprint density at radius 3 is 2.42 bits per heavy atom. The summed E-state index contributed by atoms with van der Waals surface area (Å²) in [6.07, 6.45) is 3.58. The Morgan fingerprint density at radius 1 is 1.12 bits per heavy atom. The zero-order valence-corrected chi connectivity index (χ0v) is 13.4. The predicted octanol–water partition coefficient (Wildman–Crippen LogP) is 2.70. The highest BCUT2D eigenvalue weighted by atomic mass is 16.5. The number of carbonyl (C=O) groups excluding carboxylic acids is 1. The van der Waals surface area contributed by atoms with Gasteiger partial charge in [-0.2, -0.15) is 0 Å². The topological polar surface area (TPSA) is 56.2 Å². The van der Waals surface area contributed by atoms with Crippen LogP contribution >= 0.6 is 0 Å². The second-order valence-electron chi connectivity index (χ2n) is 5.41. The average molecular weight is 321 g/mol. The number of ether oxygens (including phenoxy) is 1. The van der Waals surface area contributed by atoms with Crippen molar-refractivity contribution in [1.29, 1.82) is 0 Å². The van der Waals surface area contributed by atoms with E-state index in [1.54, 1.807) is 6.20 Å². The summed E-state index contributed by atoms with van der Waals surface area (Å²) >= 11 is 0. The van der Waals surface area contributed by atoms with Gasteiger partial charge in [0.25, 0.3) is 5.91 Å². The summed E-state index contributed by atoms with van der Waals surface area (Å²) in [5.41, 5.74) is 0.972. The maximum absolute atomic E-state index is 12.3. The molecule has 5 heteroatoms. The van der Waals surface area contributed by atoms with Crippen molar-refractivity contribution in [1.82, 2.24) is 14.9 Å². The van der Waals surface area contributed by atoms with Crippen LogP contribution in [0.4, 0.5) is 0 Å². The van der Waals surface area contributed by atoms with E-state index in [9.17, 15) is 4.79 Å². The van der Waals surface area contributed by atoms with E-state index in [2.05, 4.69) is 10.3 Å². The van der Waals surface area contributed by atoms with Gasteiger partial charge in [0.05, 0.1) is 0 Å². The van der Waals surface area contributed by atoms with Crippen molar-refractivity contribution in [2.24, 2.45) is 7.05 Å². The monoisotopic (exact) mass is 321 g/mol. The minimum absolute atomic E-state index is 0.0439. The fraction of sp³-hybridized carbons (Fsp3) is 0.158. The number of amides is 1. The van der Waals surface area contributed by atoms with Crippen molar-refractivity contribution >= 4 is 5.91 Å². The van der Waals surface area contributed by atoms with E-state index in [1.165, 1.54) is 0 Å². The average Bonchev–Trinajstić information content (AvgIpc) is 3.05. The number of hydrogen-bond acceptors (Lipinski definition) is 3. The number of nitrogens with zero attached hydrogens (tertiary/aromatic N) is 2. The molecule has 1 unspecified atom stereocenters. The molecule has 0 aliphatic heterocycles. The molecule has 0 spiro atoms. The molecule has 24 heavy (non-hydrogen) atoms. The molecule has 5 nitrogen and oxygen atoms in total. The van der Waals surface area contributed by atoms with Crippen LogP contribution in [0.15, 0.2) is 73.1 Å². The Bertz CT molecular complexity index is 785. The summed E-state index contributed by atoms with van der Waals surface area (Å²) in [4.78, 5) is 16.7. The second kappa shape index (κ2) is 7.46. The highest BCUT2D eigenvalue weighted by Crippen LogP contribution is 2.20. The molecule has 1 amide bonds. The van der Waals surface area contributed by atoms with Crippen molar-refractivity contribution in [3.63, 3.8) is 0 Å². The molecule has 0 aliphatic rings. The Balaban J connectivity index is 1.72. The molecule has 3 rings (SSSR count). The van der Waals surface area contributed by atoms with Crippen LogP contribution in [0, 0.1) is 0 Å². The molecule has 0 saturated heterocycles. The fourth-order valence-corrected chi connectivity index (χ4v) is 2.47. The van der Waals surface area contributed by atoms with E-state index in [0.29, 0.717) is 5.75 Å². The maximum atomic E-state index is 12.3. The van der Waals surface area contributed by atoms with Gasteiger partial charge in [0.15, 0.2) is 6.61 Å². The minimum Gasteiger partial charge on any atom is -0.484 e. The van der Waals surface area contributed by atoms with Gasteiger partial charge in [0.2, 0.25) is 0 Å². The maximum Gasteiger partial charge on any atom is 0.258 e. The number of aromatic nitrogens is 2. The van der Waals surface area contributed by atoms with E-state index >= 15 is 0 Å². The first-order valence-electron chi connectivity index (χ1n) is 7.73. The molecule has 1 aromatic heterocycles. The van der Waals surface area contributed by atoms with Crippen LogP contribution in [-0.4, -0.2) is 22.1 Å². The number of nitrogens with one attached hydrogen (secondary N) is 1. The number of hydrogen-bond donors (Lipinski definition) is 1. The molecule has 122 valence electrons. The first-order chi connectivity index (χ1) is 11.7. The van der Waals surface area contributed by atoms with Crippen LogP contribution in [0.25, 0.3) is 0 Å². The lowest BCUT2D eigenvalue weighted by molar-refractivity contribution is -0.123. The molecule has 0 fully saturated rings. The molecule has 0 aliphatic carbocycles. The van der Waals surface area contributed by atoms with Crippen molar-refractivity contribution in [2.45, 2.75) is 6.04 Å². The largest absolute Gasteiger partial charge is 0.484 e. The second-order valence-corrected chi connectivity index (χ2v) is 5.41. The van der Waals surface area contributed by atoms with E-state index in [4.69, 9.17) is 4.74 Å². The number of aryl methyl sites for hydroxylation is 1. The van der Waals surface area contributed by atoms with Gasteiger partial charge < -0.3 is 14.6 Å². The van der Waals surface area contributed by atoms with Crippen LogP contribution in [0.3, 0.4) is 0 Å². The van der Waals surface area contributed by atoms with Gasteiger partial charge >= 0.3 is 0 Å². The zero-order valence-electron chi connectivity index (χ0n) is 13.4. The van der Waals surface area contributed by atoms with Crippen molar-refractivity contribution < 1.29 is 9.53 Å². The smallest absolute Gasteiger partial charge is 0.258 e. The van der Waals surface area contributed by atoms with E-state index < -0.39 is 0 Å². The zero-order chi connectivity index (χ0) is 16.8. The lowest BCUT2D eigenvalue weighted by Crippen LogP contribution is -2.34. The summed E-state index contributed by atoms with van der Waals surface area (Å²) in [6.45, 7) is -0.0439. The third kappa shape index (κ3) is 3.81. The van der Waals surface area contributed by atoms with Gasteiger partial charge in [-0.1, -0.05) is 48.5 Å². The molecular formula is C19H19N3O2. The number of benzene rings is 2. The Kier molecular flexibility index (Phi) is 4.91. The summed E-state index contributed by atoms with van der Waals surface area (Å²) < 4.78 is 7.41. The van der Waals surface area contributed by atoms with Gasteiger partial charge in [-0.05, 0) is 17.7 Å². The Morgan fingerprint density at radius 2 is 1.79 bits per heavy atom. The van der Waals surface area contributed by atoms with Gasteiger partial charge in [-0.15, -0.1) is 0 Å². The summed E-state index contributed by atoms with van der Waals surface area (Å²) in [7, 11) is 1.91. The Hall–Kier alpha value is -3.08. The standard InChI is InChI=1S/C19H19N3O2/c1-22-13-12-20-19(22)18(15-8-4-2-5-9-15)21-17(23)14-24-16-10-6-3-7-11-16/h2-13,18H,14H2,1H3,(H,21,23). The van der Waals surface area contributed by atoms with E-state index in [0.717, 1.165) is 11.4 Å². The van der Waals surface area contributed by atoms with Crippen LogP contribution in [0.2, 0.25) is 0 Å². The lowest BCUT2D eigenvalue weighted by Gasteiger charge is -2.19. The number of para-hydroxylation sites is 1. The quantitative estimate of drug-likeness (QED) is 0.759. The lowest BCUT2D eigenvalue weighted by atomic mass is 10.1. The van der Waals surface area contributed by atoms with Crippen LogP contribution < -0.4 is 10.1 Å². The van der Waals surface area contributed by atoms with Crippen molar-refractivity contribution in [3.8, 4) is 5.75 Å². The highest BCUT2D eigenvalue weighted by molar-refractivity contribution is 5.78. The number of imidazole rings is 1. The molecular weight excluding hydrogens is 302 g/mol. The van der Waals surface area contributed by atoms with Crippen LogP contribution in [0.5, 0.6) is 5.75 Å². The normalized spacial score (nSPS) is 11.7. The van der Waals surface area contributed by atoms with Gasteiger partial charge in [0.1, 0.15) is 17.6 Å². The molecule has 0 saturated carbocycles. The summed E-state index contributed by atoms with van der Waals surface area (Å²) in [5.74, 6) is 1.24. The molecule has 0 bridgehead atoms. The number of carbonyl (C=O) groups is 1. The SMILES string of the molecule is Cn1ccnc1C(NC(=O)COc1ccccc1)c1ccccc1. The first kappa shape index (κ1) is 15.8. The first-order valence-corrected chi connectivity index (χ1v) is 7.73. The molecule has 1 N–H and O–H groups in total. The molecule has 1 heterocycles. The van der Waals surface area contributed by atoms with Crippen molar-refractivity contribution in [2.75, 3.05) is 6.61 Å². The van der Waals surface area contributed by atoms with Gasteiger partial charge in [-0.25, -0.2) is 4.98 Å². The fourth-order valence-electron chi connectivity index (χ4n) is 2.47.